The Morgan fingerprint density at radius 1 is 1.00 bits per heavy atom. The van der Waals surface area contributed by atoms with Crippen molar-refractivity contribution in [1.29, 1.82) is 0 Å². The molecule has 0 saturated carbocycles. The number of hydrogen-bond acceptors (Lipinski definition) is 1. The number of rotatable bonds is 0. The fraction of sp³-hybridized carbons (Fsp3) is 0.118. The summed E-state index contributed by atoms with van der Waals surface area (Å²) in [6.07, 6.45) is 0. The molecule has 0 atom stereocenters. The molecule has 1 aromatic heterocycles. The van der Waals surface area contributed by atoms with Crippen LogP contribution in [0.15, 0.2) is 59.6 Å². The average molecular weight is 246 g/mol. The summed E-state index contributed by atoms with van der Waals surface area (Å²) in [7, 11) is 0. The summed E-state index contributed by atoms with van der Waals surface area (Å²) in [6.45, 7) is 2.98. The number of benzene rings is 2. The van der Waals surface area contributed by atoms with Gasteiger partial charge in [-0.2, -0.15) is 0 Å². The predicted molar refractivity (Wildman–Crippen MR) is 79.4 cm³/mol. The molecule has 0 bridgehead atoms. The van der Waals surface area contributed by atoms with E-state index in [0.29, 0.717) is 0 Å². The zero-order chi connectivity index (χ0) is 12.8. The van der Waals surface area contributed by atoms with Crippen LogP contribution in [0.2, 0.25) is 0 Å². The summed E-state index contributed by atoms with van der Waals surface area (Å²) in [5.41, 5.74) is 5.96. The Hall–Kier alpha value is -2.35. The Bertz CT molecular complexity index is 809. The molecule has 0 spiro atoms. The second-order valence-corrected chi connectivity index (χ2v) is 5.00. The van der Waals surface area contributed by atoms with Gasteiger partial charge in [-0.3, -0.25) is 4.99 Å². The van der Waals surface area contributed by atoms with Gasteiger partial charge in [0.15, 0.2) is 0 Å². The van der Waals surface area contributed by atoms with E-state index in [4.69, 9.17) is 4.99 Å². The summed E-state index contributed by atoms with van der Waals surface area (Å²) < 4.78 is 2.36. The van der Waals surface area contributed by atoms with Crippen LogP contribution in [-0.4, -0.2) is 10.3 Å². The van der Waals surface area contributed by atoms with Crippen LogP contribution in [0.3, 0.4) is 0 Å². The predicted octanol–water partition coefficient (Wildman–Crippen LogP) is 4.14. The zero-order valence-electron chi connectivity index (χ0n) is 10.8. The van der Waals surface area contributed by atoms with E-state index >= 15 is 0 Å². The van der Waals surface area contributed by atoms with Crippen LogP contribution < -0.4 is 0 Å². The minimum absolute atomic E-state index is 0.889. The summed E-state index contributed by atoms with van der Waals surface area (Å²) in [5.74, 6) is 0. The smallest absolute Gasteiger partial charge is 0.0683 e. The molecule has 2 aromatic carbocycles. The molecule has 0 amide bonds. The number of para-hydroxylation sites is 2. The number of fused-ring (bicyclic) bond motifs is 4. The lowest BCUT2D eigenvalue weighted by Gasteiger charge is -2.08. The molecule has 92 valence electrons. The van der Waals surface area contributed by atoms with Gasteiger partial charge in [0.1, 0.15) is 0 Å². The van der Waals surface area contributed by atoms with Crippen molar-refractivity contribution in [3.8, 4) is 0 Å². The van der Waals surface area contributed by atoms with Crippen LogP contribution in [0.4, 0.5) is 5.69 Å². The molecule has 2 heteroatoms. The van der Waals surface area contributed by atoms with Crippen LogP contribution in [0.1, 0.15) is 18.2 Å². The molecule has 3 aromatic rings. The largest absolute Gasteiger partial charge is 0.335 e. The maximum Gasteiger partial charge on any atom is 0.0683 e. The molecule has 1 aliphatic rings. The third-order valence-corrected chi connectivity index (χ3v) is 3.79. The lowest BCUT2D eigenvalue weighted by molar-refractivity contribution is 0.834. The van der Waals surface area contributed by atoms with Crippen molar-refractivity contribution in [3.63, 3.8) is 0 Å². The van der Waals surface area contributed by atoms with Gasteiger partial charge < -0.3 is 4.57 Å². The third-order valence-electron chi connectivity index (χ3n) is 3.79. The molecule has 0 radical (unpaired) electrons. The van der Waals surface area contributed by atoms with E-state index in [1.54, 1.807) is 0 Å². The van der Waals surface area contributed by atoms with Crippen molar-refractivity contribution in [1.82, 2.24) is 4.57 Å². The van der Waals surface area contributed by atoms with Crippen molar-refractivity contribution < 1.29 is 0 Å². The Morgan fingerprint density at radius 3 is 2.74 bits per heavy atom. The number of aromatic nitrogens is 1. The Kier molecular flexibility index (Phi) is 2.12. The molecule has 2 heterocycles. The maximum atomic E-state index is 4.77. The lowest BCUT2D eigenvalue weighted by atomic mass is 10.2. The van der Waals surface area contributed by atoms with Gasteiger partial charge in [-0.25, -0.2) is 0 Å². The summed E-state index contributed by atoms with van der Waals surface area (Å²) in [5, 5.41) is 1.28. The van der Waals surface area contributed by atoms with Crippen LogP contribution in [0.25, 0.3) is 10.9 Å². The van der Waals surface area contributed by atoms with Crippen LogP contribution in [0.5, 0.6) is 0 Å². The number of aliphatic imine (C=N–C) groups is 1. The van der Waals surface area contributed by atoms with E-state index in [1.165, 1.54) is 22.2 Å². The van der Waals surface area contributed by atoms with Crippen LogP contribution in [-0.2, 0) is 6.54 Å². The van der Waals surface area contributed by atoms with Crippen molar-refractivity contribution in [2.45, 2.75) is 13.5 Å². The van der Waals surface area contributed by atoms with Crippen LogP contribution >= 0.6 is 0 Å². The highest BCUT2D eigenvalue weighted by Crippen LogP contribution is 2.29. The molecule has 0 aliphatic carbocycles. The van der Waals surface area contributed by atoms with Crippen LogP contribution in [0, 0.1) is 0 Å². The number of nitrogens with zero attached hydrogens (tertiary/aromatic N) is 2. The second kappa shape index (κ2) is 3.82. The lowest BCUT2D eigenvalue weighted by Crippen LogP contribution is -2.05. The summed E-state index contributed by atoms with van der Waals surface area (Å²) in [4.78, 5) is 4.77. The molecule has 19 heavy (non-hydrogen) atoms. The van der Waals surface area contributed by atoms with Gasteiger partial charge >= 0.3 is 0 Å². The van der Waals surface area contributed by atoms with Gasteiger partial charge in [0.25, 0.3) is 0 Å². The first kappa shape index (κ1) is 10.6. The highest BCUT2D eigenvalue weighted by atomic mass is 15.0. The van der Waals surface area contributed by atoms with Crippen molar-refractivity contribution in [2.24, 2.45) is 4.99 Å². The molecule has 4 rings (SSSR count). The standard InChI is InChI=1S/C17H14N2/c1-12-17-10-13-6-3-5-9-16(13)19(17)11-14-7-2-4-8-15(14)18-12/h2-10H,11H2,1H3. The minimum atomic E-state index is 0.889. The van der Waals surface area contributed by atoms with E-state index in [9.17, 15) is 0 Å². The minimum Gasteiger partial charge on any atom is -0.335 e. The molecule has 0 N–H and O–H groups in total. The fourth-order valence-corrected chi connectivity index (χ4v) is 2.84. The zero-order valence-corrected chi connectivity index (χ0v) is 10.8. The molecule has 0 saturated heterocycles. The highest BCUT2D eigenvalue weighted by Gasteiger charge is 2.16. The second-order valence-electron chi connectivity index (χ2n) is 5.00. The molecule has 2 nitrogen and oxygen atoms in total. The van der Waals surface area contributed by atoms with Gasteiger partial charge in [0.05, 0.1) is 23.6 Å². The molecular weight excluding hydrogens is 232 g/mol. The molecular formula is C17H14N2. The van der Waals surface area contributed by atoms with E-state index in [-0.39, 0.29) is 0 Å². The normalized spacial score (nSPS) is 13.6. The van der Waals surface area contributed by atoms with E-state index in [0.717, 1.165) is 17.9 Å². The fourth-order valence-electron chi connectivity index (χ4n) is 2.84. The van der Waals surface area contributed by atoms with Gasteiger partial charge in [0, 0.05) is 10.9 Å². The van der Waals surface area contributed by atoms with Gasteiger partial charge in [-0.15, -0.1) is 0 Å². The Morgan fingerprint density at radius 2 is 1.79 bits per heavy atom. The first-order valence-corrected chi connectivity index (χ1v) is 6.55. The van der Waals surface area contributed by atoms with Gasteiger partial charge in [-0.1, -0.05) is 36.4 Å². The monoisotopic (exact) mass is 246 g/mol. The van der Waals surface area contributed by atoms with E-state index in [2.05, 4.69) is 60.0 Å². The van der Waals surface area contributed by atoms with Crippen molar-refractivity contribution in [3.05, 3.63) is 65.9 Å². The highest BCUT2D eigenvalue weighted by molar-refractivity contribution is 6.03. The quantitative estimate of drug-likeness (QED) is 0.567. The summed E-state index contributed by atoms with van der Waals surface area (Å²) >= 11 is 0. The third kappa shape index (κ3) is 1.53. The van der Waals surface area contributed by atoms with E-state index in [1.807, 2.05) is 6.07 Å². The van der Waals surface area contributed by atoms with E-state index < -0.39 is 0 Å². The van der Waals surface area contributed by atoms with Crippen molar-refractivity contribution in [2.75, 3.05) is 0 Å². The Labute approximate surface area is 112 Å². The number of hydrogen-bond donors (Lipinski definition) is 0. The van der Waals surface area contributed by atoms with Gasteiger partial charge in [-0.05, 0) is 30.7 Å². The first-order chi connectivity index (χ1) is 9.33. The topological polar surface area (TPSA) is 17.3 Å². The molecule has 0 unspecified atom stereocenters. The SMILES string of the molecule is CC1=Nc2ccccc2Cn2c1cc1ccccc12. The van der Waals surface area contributed by atoms with Gasteiger partial charge in [0.2, 0.25) is 0 Å². The molecule has 0 fully saturated rings. The average Bonchev–Trinajstić information content (AvgIpc) is 2.73. The maximum absolute atomic E-state index is 4.77. The Balaban J connectivity index is 2.06. The molecule has 1 aliphatic heterocycles. The van der Waals surface area contributed by atoms with Crippen molar-refractivity contribution >= 4 is 22.3 Å². The summed E-state index contributed by atoms with van der Waals surface area (Å²) in [6, 6.07) is 19.1. The first-order valence-electron chi connectivity index (χ1n) is 6.55.